The highest BCUT2D eigenvalue weighted by molar-refractivity contribution is 5.68. The number of ether oxygens (including phenoxy) is 3. The van der Waals surface area contributed by atoms with Crippen molar-refractivity contribution < 1.29 is 28.9 Å². The molecule has 8 heteroatoms. The second-order valence-electron chi connectivity index (χ2n) is 10.7. The van der Waals surface area contributed by atoms with E-state index in [1.807, 2.05) is 48.5 Å². The molecule has 0 aromatic rings. The molecule has 2 heterocycles. The van der Waals surface area contributed by atoms with Gasteiger partial charge in [-0.25, -0.2) is 9.59 Å². The first-order chi connectivity index (χ1) is 14.8. The highest BCUT2D eigenvalue weighted by Gasteiger charge is 2.28. The second kappa shape index (κ2) is 13.2. The minimum absolute atomic E-state index is 0.152. The van der Waals surface area contributed by atoms with Crippen LogP contribution in [0.25, 0.3) is 0 Å². The molecule has 0 aliphatic carbocycles. The van der Waals surface area contributed by atoms with E-state index in [2.05, 4.69) is 0 Å². The molecule has 0 radical (unpaired) electrons. The molecule has 2 rings (SSSR count). The summed E-state index contributed by atoms with van der Waals surface area (Å²) in [6.07, 6.45) is 3.66. The largest absolute Gasteiger partial charge is 0.444 e. The number of aliphatic hydroxyl groups excluding tert-OH is 1. The predicted octanol–water partition coefficient (Wildman–Crippen LogP) is 4.30. The topological polar surface area (TPSA) is 88.5 Å². The lowest BCUT2D eigenvalue weighted by atomic mass is 9.99. The fourth-order valence-electron chi connectivity index (χ4n) is 3.68. The van der Waals surface area contributed by atoms with Gasteiger partial charge in [-0.2, -0.15) is 0 Å². The number of carbonyl (C=O) groups excluding carboxylic acids is 2. The molecule has 0 spiro atoms. The van der Waals surface area contributed by atoms with E-state index in [1.54, 1.807) is 9.80 Å². The number of hydrogen-bond acceptors (Lipinski definition) is 6. The number of nitrogens with zero attached hydrogens (tertiary/aromatic N) is 2. The van der Waals surface area contributed by atoms with Crippen LogP contribution in [0.4, 0.5) is 9.59 Å². The van der Waals surface area contributed by atoms with Crippen molar-refractivity contribution in [1.29, 1.82) is 0 Å². The monoisotopic (exact) mass is 458 g/mol. The quantitative estimate of drug-likeness (QED) is 0.676. The lowest BCUT2D eigenvalue weighted by Crippen LogP contribution is -2.43. The minimum atomic E-state index is -0.441. The molecule has 2 fully saturated rings. The first kappa shape index (κ1) is 28.5. The Hall–Kier alpha value is -1.54. The highest BCUT2D eigenvalue weighted by Crippen LogP contribution is 2.20. The van der Waals surface area contributed by atoms with Crippen molar-refractivity contribution in [3.63, 3.8) is 0 Å². The molecule has 0 aromatic carbocycles. The van der Waals surface area contributed by atoms with E-state index in [9.17, 15) is 9.59 Å². The molecule has 2 aliphatic rings. The van der Waals surface area contributed by atoms with E-state index in [0.29, 0.717) is 12.5 Å². The number of aliphatic hydroxyl groups is 1. The van der Waals surface area contributed by atoms with Crippen molar-refractivity contribution in [2.75, 3.05) is 46.0 Å². The van der Waals surface area contributed by atoms with E-state index in [-0.39, 0.29) is 24.7 Å². The Morgan fingerprint density at radius 3 is 1.69 bits per heavy atom. The zero-order valence-electron chi connectivity index (χ0n) is 21.3. The number of rotatable bonds is 4. The van der Waals surface area contributed by atoms with Crippen LogP contribution < -0.4 is 0 Å². The molecule has 0 bridgehead atoms. The van der Waals surface area contributed by atoms with Gasteiger partial charge in [0.1, 0.15) is 11.2 Å². The zero-order valence-corrected chi connectivity index (χ0v) is 21.3. The molecule has 0 aromatic heterocycles. The summed E-state index contributed by atoms with van der Waals surface area (Å²) in [4.78, 5) is 27.1. The Labute approximate surface area is 194 Å². The molecule has 0 saturated carbocycles. The first-order valence-corrected chi connectivity index (χ1v) is 12.0. The summed E-state index contributed by atoms with van der Waals surface area (Å²) in [7, 11) is 0. The number of hydrogen-bond donors (Lipinski definition) is 1. The van der Waals surface area contributed by atoms with Crippen LogP contribution in [0.2, 0.25) is 0 Å². The molecule has 1 N–H and O–H groups in total. The van der Waals surface area contributed by atoms with Gasteiger partial charge < -0.3 is 29.1 Å². The Bertz CT molecular complexity index is 570. The van der Waals surface area contributed by atoms with Crippen LogP contribution in [0.1, 0.15) is 74.1 Å². The minimum Gasteiger partial charge on any atom is -0.444 e. The number of amides is 2. The fraction of sp³-hybridized carbons (Fsp3) is 0.917. The van der Waals surface area contributed by atoms with Gasteiger partial charge in [-0.1, -0.05) is 0 Å². The Kier molecular flexibility index (Phi) is 11.8. The molecular formula is C24H46N2O6. The van der Waals surface area contributed by atoms with Crippen molar-refractivity contribution in [3.8, 4) is 0 Å². The highest BCUT2D eigenvalue weighted by atomic mass is 16.6. The molecule has 2 unspecified atom stereocenters. The summed E-state index contributed by atoms with van der Waals surface area (Å²) in [5.74, 6) is 0.669. The van der Waals surface area contributed by atoms with E-state index in [4.69, 9.17) is 19.3 Å². The lowest BCUT2D eigenvalue weighted by Gasteiger charge is -2.33. The van der Waals surface area contributed by atoms with Crippen molar-refractivity contribution in [2.24, 2.45) is 11.8 Å². The van der Waals surface area contributed by atoms with Gasteiger partial charge in [0.25, 0.3) is 0 Å². The number of likely N-dealkylation sites (tertiary alicyclic amines) is 2. The Morgan fingerprint density at radius 2 is 1.28 bits per heavy atom. The maximum atomic E-state index is 11.9. The summed E-state index contributed by atoms with van der Waals surface area (Å²) in [6.45, 7) is 17.8. The standard InChI is InChI=1S/C13H25NO3.C11H21NO3/c1-5-16-10-11-7-6-8-14(9-11)12(15)17-13(2,3)4;1-11(2,3)15-10(14)12-6-4-5-9(7-12)8-13/h11H,5-10H2,1-4H3;9,13H,4-8H2,1-3H3. The average molecular weight is 459 g/mol. The normalized spacial score (nSPS) is 22.0. The third-order valence-corrected chi connectivity index (χ3v) is 5.16. The van der Waals surface area contributed by atoms with Crippen LogP contribution in [-0.2, 0) is 14.2 Å². The first-order valence-electron chi connectivity index (χ1n) is 12.0. The van der Waals surface area contributed by atoms with Crippen LogP contribution in [0.15, 0.2) is 0 Å². The number of carbonyl (C=O) groups is 2. The predicted molar refractivity (Wildman–Crippen MR) is 125 cm³/mol. The van der Waals surface area contributed by atoms with Gasteiger partial charge in [-0.3, -0.25) is 0 Å². The zero-order chi connectivity index (χ0) is 24.4. The van der Waals surface area contributed by atoms with Crippen molar-refractivity contribution in [2.45, 2.75) is 85.4 Å². The summed E-state index contributed by atoms with van der Waals surface area (Å²) in [6, 6.07) is 0. The summed E-state index contributed by atoms with van der Waals surface area (Å²) < 4.78 is 16.1. The summed E-state index contributed by atoms with van der Waals surface area (Å²) in [5, 5.41) is 9.04. The van der Waals surface area contributed by atoms with Crippen molar-refractivity contribution in [3.05, 3.63) is 0 Å². The van der Waals surface area contributed by atoms with Crippen LogP contribution in [0.3, 0.4) is 0 Å². The van der Waals surface area contributed by atoms with E-state index < -0.39 is 11.2 Å². The third kappa shape index (κ3) is 11.9. The van der Waals surface area contributed by atoms with Gasteiger partial charge in [0.2, 0.25) is 0 Å². The van der Waals surface area contributed by atoms with Crippen molar-refractivity contribution >= 4 is 12.2 Å². The van der Waals surface area contributed by atoms with Gasteiger partial charge in [-0.05, 0) is 80.1 Å². The third-order valence-electron chi connectivity index (χ3n) is 5.16. The maximum Gasteiger partial charge on any atom is 0.410 e. The summed E-state index contributed by atoms with van der Waals surface area (Å²) in [5.41, 5.74) is -0.854. The Balaban J connectivity index is 0.000000323. The van der Waals surface area contributed by atoms with E-state index in [1.165, 1.54) is 0 Å². The fourth-order valence-corrected chi connectivity index (χ4v) is 3.68. The second-order valence-corrected chi connectivity index (χ2v) is 10.7. The molecular weight excluding hydrogens is 412 g/mol. The smallest absolute Gasteiger partial charge is 0.410 e. The van der Waals surface area contributed by atoms with Gasteiger partial charge in [-0.15, -0.1) is 0 Å². The molecule has 2 atom stereocenters. The van der Waals surface area contributed by atoms with Crippen LogP contribution in [-0.4, -0.2) is 84.3 Å². The molecule has 2 aliphatic heterocycles. The van der Waals surface area contributed by atoms with E-state index in [0.717, 1.165) is 58.5 Å². The van der Waals surface area contributed by atoms with Gasteiger partial charge in [0.15, 0.2) is 0 Å². The van der Waals surface area contributed by atoms with Crippen molar-refractivity contribution in [1.82, 2.24) is 9.80 Å². The van der Waals surface area contributed by atoms with Crippen LogP contribution in [0, 0.1) is 11.8 Å². The summed E-state index contributed by atoms with van der Waals surface area (Å²) >= 11 is 0. The molecule has 188 valence electrons. The lowest BCUT2D eigenvalue weighted by molar-refractivity contribution is 0.00823. The average Bonchev–Trinajstić information content (AvgIpc) is 2.70. The molecule has 8 nitrogen and oxygen atoms in total. The molecule has 32 heavy (non-hydrogen) atoms. The van der Waals surface area contributed by atoms with Gasteiger partial charge in [0.05, 0.1) is 6.61 Å². The van der Waals surface area contributed by atoms with Gasteiger partial charge >= 0.3 is 12.2 Å². The Morgan fingerprint density at radius 1 is 0.844 bits per heavy atom. The maximum absolute atomic E-state index is 11.9. The van der Waals surface area contributed by atoms with E-state index >= 15 is 0 Å². The molecule has 2 amide bonds. The SMILES string of the molecule is CC(C)(C)OC(=O)N1CCCC(CO)C1.CCOCC1CCCN(C(=O)OC(C)(C)C)C1. The van der Waals surface area contributed by atoms with Crippen LogP contribution in [0.5, 0.6) is 0 Å². The number of piperidine rings is 2. The molecule has 2 saturated heterocycles. The van der Waals surface area contributed by atoms with Gasteiger partial charge in [0, 0.05) is 45.3 Å². The van der Waals surface area contributed by atoms with Crippen LogP contribution >= 0.6 is 0 Å².